The molecule has 1 saturated heterocycles. The molecule has 28 heavy (non-hydrogen) atoms. The van der Waals surface area contributed by atoms with Crippen LogP contribution in [0.3, 0.4) is 0 Å². The van der Waals surface area contributed by atoms with Gasteiger partial charge in [0.2, 0.25) is 5.91 Å². The van der Waals surface area contributed by atoms with E-state index in [2.05, 4.69) is 22.1 Å². The van der Waals surface area contributed by atoms with Gasteiger partial charge in [-0.3, -0.25) is 14.5 Å². The zero-order valence-corrected chi connectivity index (χ0v) is 16.9. The third-order valence-electron chi connectivity index (χ3n) is 5.14. The number of rotatable bonds is 6. The van der Waals surface area contributed by atoms with Gasteiger partial charge in [-0.2, -0.15) is 11.3 Å². The largest absolute Gasteiger partial charge is 0.325 e. The Bertz CT molecular complexity index is 892. The van der Waals surface area contributed by atoms with Crippen molar-refractivity contribution in [2.45, 2.75) is 41.9 Å². The summed E-state index contributed by atoms with van der Waals surface area (Å²) in [7, 11) is 0. The maximum atomic E-state index is 12.7. The maximum Gasteiger partial charge on any atom is 0.325 e. The van der Waals surface area contributed by atoms with E-state index < -0.39 is 11.6 Å². The summed E-state index contributed by atoms with van der Waals surface area (Å²) in [5.74, 6) is 0.166. The SMILES string of the molecule is O=C(CN1C(=O)NC2(CCCC2)C1=O)Nc1ccccc1SCc1ccsc1. The van der Waals surface area contributed by atoms with Crippen molar-refractivity contribution in [3.63, 3.8) is 0 Å². The van der Waals surface area contributed by atoms with E-state index in [4.69, 9.17) is 0 Å². The number of imide groups is 1. The molecule has 6 nitrogen and oxygen atoms in total. The number of carbonyl (C=O) groups is 3. The molecule has 146 valence electrons. The molecule has 8 heteroatoms. The topological polar surface area (TPSA) is 78.5 Å². The van der Waals surface area contributed by atoms with Crippen molar-refractivity contribution in [2.24, 2.45) is 0 Å². The predicted octanol–water partition coefficient (Wildman–Crippen LogP) is 3.84. The molecule has 0 unspecified atom stereocenters. The summed E-state index contributed by atoms with van der Waals surface area (Å²) in [6, 6.07) is 9.17. The number of nitrogens with zero attached hydrogens (tertiary/aromatic N) is 1. The number of carbonyl (C=O) groups excluding carboxylic acids is 3. The summed E-state index contributed by atoms with van der Waals surface area (Å²) in [6.07, 6.45) is 3.14. The van der Waals surface area contributed by atoms with Gasteiger partial charge in [-0.1, -0.05) is 25.0 Å². The highest BCUT2D eigenvalue weighted by molar-refractivity contribution is 7.98. The number of thiophene rings is 1. The standard InChI is InChI=1S/C20H21N3O3S2/c24-17(11-23-18(25)20(22-19(23)26)8-3-4-9-20)21-15-5-1-2-6-16(15)28-13-14-7-10-27-12-14/h1-2,5-7,10,12H,3-4,8-9,11,13H2,(H,21,24)(H,22,26). The lowest BCUT2D eigenvalue weighted by atomic mass is 9.98. The minimum atomic E-state index is -0.786. The monoisotopic (exact) mass is 415 g/mol. The van der Waals surface area contributed by atoms with Gasteiger partial charge in [0.1, 0.15) is 12.1 Å². The van der Waals surface area contributed by atoms with Crippen molar-refractivity contribution in [2.75, 3.05) is 11.9 Å². The Morgan fingerprint density at radius 3 is 2.75 bits per heavy atom. The van der Waals surface area contributed by atoms with Gasteiger partial charge in [0.05, 0.1) is 5.69 Å². The van der Waals surface area contributed by atoms with Crippen LogP contribution < -0.4 is 10.6 Å². The van der Waals surface area contributed by atoms with Gasteiger partial charge < -0.3 is 10.6 Å². The van der Waals surface area contributed by atoms with Crippen LogP contribution in [0.1, 0.15) is 31.2 Å². The van der Waals surface area contributed by atoms with Gasteiger partial charge in [-0.15, -0.1) is 11.8 Å². The molecular formula is C20H21N3O3S2. The number of para-hydroxylation sites is 1. The van der Waals surface area contributed by atoms with Gasteiger partial charge in [-0.05, 0) is 47.4 Å². The molecule has 1 aliphatic carbocycles. The molecule has 2 heterocycles. The summed E-state index contributed by atoms with van der Waals surface area (Å²) < 4.78 is 0. The first-order valence-corrected chi connectivity index (χ1v) is 11.2. The number of hydrogen-bond acceptors (Lipinski definition) is 5. The molecule has 0 atom stereocenters. The van der Waals surface area contributed by atoms with Crippen LogP contribution in [-0.4, -0.2) is 34.8 Å². The van der Waals surface area contributed by atoms with Crippen molar-refractivity contribution in [1.29, 1.82) is 0 Å². The number of hydrogen-bond donors (Lipinski definition) is 2. The summed E-state index contributed by atoms with van der Waals surface area (Å²) in [6.45, 7) is -0.268. The molecule has 2 fully saturated rings. The molecule has 4 rings (SSSR count). The minimum Gasteiger partial charge on any atom is -0.324 e. The van der Waals surface area contributed by atoms with Gasteiger partial charge in [0, 0.05) is 10.6 Å². The van der Waals surface area contributed by atoms with Crippen LogP contribution in [0, 0.1) is 0 Å². The Morgan fingerprint density at radius 2 is 2.00 bits per heavy atom. The lowest BCUT2D eigenvalue weighted by molar-refractivity contribution is -0.133. The summed E-state index contributed by atoms with van der Waals surface area (Å²) in [5, 5.41) is 9.80. The molecule has 1 aromatic heterocycles. The number of amides is 4. The lowest BCUT2D eigenvalue weighted by Crippen LogP contribution is -2.44. The first kappa shape index (κ1) is 19.0. The van der Waals surface area contributed by atoms with Gasteiger partial charge in [-0.25, -0.2) is 4.79 Å². The minimum absolute atomic E-state index is 0.268. The highest BCUT2D eigenvalue weighted by atomic mass is 32.2. The van der Waals surface area contributed by atoms with Crippen molar-refractivity contribution in [1.82, 2.24) is 10.2 Å². The summed E-state index contributed by atoms with van der Waals surface area (Å²) >= 11 is 3.30. The molecule has 4 amide bonds. The van der Waals surface area contributed by atoms with Crippen molar-refractivity contribution in [3.8, 4) is 0 Å². The van der Waals surface area contributed by atoms with E-state index in [9.17, 15) is 14.4 Å². The van der Waals surface area contributed by atoms with Crippen LogP contribution in [0.4, 0.5) is 10.5 Å². The summed E-state index contributed by atoms with van der Waals surface area (Å²) in [4.78, 5) is 39.5. The van der Waals surface area contributed by atoms with Gasteiger partial charge >= 0.3 is 6.03 Å². The van der Waals surface area contributed by atoms with E-state index >= 15 is 0 Å². The third-order valence-corrected chi connectivity index (χ3v) is 7.02. The van der Waals surface area contributed by atoms with Gasteiger partial charge in [0.15, 0.2) is 0 Å². The average Bonchev–Trinajstić information content (AvgIpc) is 3.41. The number of thioether (sulfide) groups is 1. The maximum absolute atomic E-state index is 12.7. The average molecular weight is 416 g/mol. The molecule has 2 aromatic rings. The molecule has 0 bridgehead atoms. The number of urea groups is 1. The first-order valence-electron chi connectivity index (χ1n) is 9.24. The smallest absolute Gasteiger partial charge is 0.324 e. The zero-order chi connectivity index (χ0) is 19.6. The van der Waals surface area contributed by atoms with Gasteiger partial charge in [0.25, 0.3) is 5.91 Å². The third kappa shape index (κ3) is 3.79. The molecular weight excluding hydrogens is 394 g/mol. The van der Waals surface area contributed by atoms with Crippen LogP contribution in [0.25, 0.3) is 0 Å². The zero-order valence-electron chi connectivity index (χ0n) is 15.3. The van der Waals surface area contributed by atoms with E-state index in [1.807, 2.05) is 29.6 Å². The Kier molecular flexibility index (Phi) is 5.41. The van der Waals surface area contributed by atoms with Crippen LogP contribution in [0.5, 0.6) is 0 Å². The first-order chi connectivity index (χ1) is 13.6. The van der Waals surface area contributed by atoms with E-state index in [1.165, 1.54) is 5.56 Å². The fourth-order valence-corrected chi connectivity index (χ4v) is 5.43. The van der Waals surface area contributed by atoms with E-state index in [0.717, 1.165) is 28.4 Å². The van der Waals surface area contributed by atoms with Crippen LogP contribution >= 0.6 is 23.1 Å². The predicted molar refractivity (Wildman–Crippen MR) is 110 cm³/mol. The van der Waals surface area contributed by atoms with E-state index in [0.29, 0.717) is 18.5 Å². The fraction of sp³-hybridized carbons (Fsp3) is 0.350. The molecule has 1 aliphatic heterocycles. The van der Waals surface area contributed by atoms with E-state index in [-0.39, 0.29) is 18.4 Å². The molecule has 1 aromatic carbocycles. The van der Waals surface area contributed by atoms with E-state index in [1.54, 1.807) is 23.1 Å². The fourth-order valence-electron chi connectivity index (χ4n) is 3.70. The Hall–Kier alpha value is -2.32. The molecule has 0 radical (unpaired) electrons. The number of benzene rings is 1. The second kappa shape index (κ2) is 7.97. The van der Waals surface area contributed by atoms with Crippen LogP contribution in [0.15, 0.2) is 46.0 Å². The van der Waals surface area contributed by atoms with Crippen LogP contribution in [-0.2, 0) is 15.3 Å². The Labute approximate surface area is 171 Å². The number of nitrogens with one attached hydrogen (secondary N) is 2. The normalized spacial score (nSPS) is 17.9. The van der Waals surface area contributed by atoms with Crippen molar-refractivity contribution < 1.29 is 14.4 Å². The van der Waals surface area contributed by atoms with Crippen molar-refractivity contribution in [3.05, 3.63) is 46.7 Å². The lowest BCUT2D eigenvalue weighted by Gasteiger charge is -2.20. The summed E-state index contributed by atoms with van der Waals surface area (Å²) in [5.41, 5.74) is 1.14. The second-order valence-electron chi connectivity index (χ2n) is 7.08. The second-order valence-corrected chi connectivity index (χ2v) is 8.87. The highest BCUT2D eigenvalue weighted by Gasteiger charge is 2.52. The Morgan fingerprint density at radius 1 is 1.21 bits per heavy atom. The quantitative estimate of drug-likeness (QED) is 0.555. The molecule has 1 spiro atoms. The molecule has 2 N–H and O–H groups in total. The molecule has 2 aliphatic rings. The number of anilines is 1. The molecule has 1 saturated carbocycles. The van der Waals surface area contributed by atoms with Crippen molar-refractivity contribution >= 4 is 46.6 Å². The van der Waals surface area contributed by atoms with Crippen LogP contribution in [0.2, 0.25) is 0 Å². The Balaban J connectivity index is 1.40. The highest BCUT2D eigenvalue weighted by Crippen LogP contribution is 2.35.